The van der Waals surface area contributed by atoms with Gasteiger partial charge in [-0.1, -0.05) is 30.3 Å². The summed E-state index contributed by atoms with van der Waals surface area (Å²) < 4.78 is 43.7. The summed E-state index contributed by atoms with van der Waals surface area (Å²) >= 11 is 0. The van der Waals surface area contributed by atoms with Crippen molar-refractivity contribution in [1.82, 2.24) is 5.32 Å². The van der Waals surface area contributed by atoms with Gasteiger partial charge in [0, 0.05) is 6.54 Å². The van der Waals surface area contributed by atoms with Gasteiger partial charge in [-0.15, -0.1) is 0 Å². The summed E-state index contributed by atoms with van der Waals surface area (Å²) in [5.74, 6) is 0.139. The van der Waals surface area contributed by atoms with Gasteiger partial charge in [0.1, 0.15) is 5.75 Å². The van der Waals surface area contributed by atoms with Crippen LogP contribution in [0.15, 0.2) is 48.5 Å². The number of hydrogen-bond donors (Lipinski definition) is 2. The molecule has 2 aromatic carbocycles. The zero-order chi connectivity index (χ0) is 20.0. The molecule has 0 radical (unpaired) electrons. The van der Waals surface area contributed by atoms with Crippen molar-refractivity contribution in [2.75, 3.05) is 6.54 Å². The number of hydrogen-bond acceptors (Lipinski definition) is 3. The Kier molecular flexibility index (Phi) is 6.85. The lowest BCUT2D eigenvalue weighted by Gasteiger charge is -2.15. The highest BCUT2D eigenvalue weighted by atomic mass is 19.4. The Bertz CT molecular complexity index is 775. The zero-order valence-corrected chi connectivity index (χ0v) is 15.1. The molecule has 0 bridgehead atoms. The molecule has 2 aromatic rings. The third kappa shape index (κ3) is 6.60. The molecule has 0 saturated carbocycles. The number of carbonyl (C=O) groups excluding carboxylic acids is 1. The number of aliphatic hydroxyl groups excluding tert-OH is 1. The first-order valence-electron chi connectivity index (χ1n) is 8.52. The number of benzene rings is 2. The van der Waals surface area contributed by atoms with Crippen LogP contribution in [0.2, 0.25) is 0 Å². The van der Waals surface area contributed by atoms with Gasteiger partial charge >= 0.3 is 6.18 Å². The fourth-order valence-corrected chi connectivity index (χ4v) is 2.50. The van der Waals surface area contributed by atoms with Crippen LogP contribution in [-0.4, -0.2) is 23.7 Å². The summed E-state index contributed by atoms with van der Waals surface area (Å²) in [7, 11) is 0. The number of ether oxygens (including phenoxy) is 1. The van der Waals surface area contributed by atoms with Crippen molar-refractivity contribution < 1.29 is 27.8 Å². The van der Waals surface area contributed by atoms with Crippen LogP contribution in [0.1, 0.15) is 36.6 Å². The Hall–Kier alpha value is -2.54. The van der Waals surface area contributed by atoms with Gasteiger partial charge in [-0.2, -0.15) is 13.2 Å². The second-order valence-corrected chi connectivity index (χ2v) is 6.43. The molecule has 1 atom stereocenters. The van der Waals surface area contributed by atoms with Crippen molar-refractivity contribution in [2.24, 2.45) is 0 Å². The fraction of sp³-hybridized carbons (Fsp3) is 0.350. The van der Waals surface area contributed by atoms with Gasteiger partial charge in [-0.05, 0) is 43.2 Å². The summed E-state index contributed by atoms with van der Waals surface area (Å²) in [6.45, 7) is 3.72. The van der Waals surface area contributed by atoms with E-state index in [1.54, 1.807) is 24.3 Å². The largest absolute Gasteiger partial charge is 0.491 e. The SMILES string of the molecule is CC(C)Oc1cccc(C(O)CNC(=O)Cc2cccc(C(F)(F)F)c2)c1. The van der Waals surface area contributed by atoms with Crippen LogP contribution in [0.4, 0.5) is 13.2 Å². The Morgan fingerprint density at radius 2 is 1.85 bits per heavy atom. The maximum Gasteiger partial charge on any atom is 0.416 e. The van der Waals surface area contributed by atoms with Crippen LogP contribution in [-0.2, 0) is 17.4 Å². The second-order valence-electron chi connectivity index (χ2n) is 6.43. The molecule has 2 N–H and O–H groups in total. The first-order chi connectivity index (χ1) is 12.6. The average Bonchev–Trinajstić information content (AvgIpc) is 2.59. The molecular formula is C20H22F3NO3. The molecule has 0 saturated heterocycles. The molecule has 0 aromatic heterocycles. The lowest BCUT2D eigenvalue weighted by Crippen LogP contribution is -2.29. The van der Waals surface area contributed by atoms with Crippen molar-refractivity contribution in [2.45, 2.75) is 38.7 Å². The molecule has 0 aliphatic heterocycles. The summed E-state index contributed by atoms with van der Waals surface area (Å²) in [5.41, 5.74) is 0.0338. The molecule has 7 heteroatoms. The molecule has 0 spiro atoms. The third-order valence-electron chi connectivity index (χ3n) is 3.73. The minimum absolute atomic E-state index is 0.00967. The molecule has 1 amide bonds. The smallest absolute Gasteiger partial charge is 0.416 e. The molecule has 4 nitrogen and oxygen atoms in total. The van der Waals surface area contributed by atoms with Crippen molar-refractivity contribution in [3.05, 3.63) is 65.2 Å². The summed E-state index contributed by atoms with van der Waals surface area (Å²) in [6, 6.07) is 11.5. The van der Waals surface area contributed by atoms with Gasteiger partial charge in [0.2, 0.25) is 5.91 Å². The van der Waals surface area contributed by atoms with E-state index in [-0.39, 0.29) is 24.6 Å². The monoisotopic (exact) mass is 381 g/mol. The molecular weight excluding hydrogens is 359 g/mol. The van der Waals surface area contributed by atoms with Crippen molar-refractivity contribution in [3.63, 3.8) is 0 Å². The summed E-state index contributed by atoms with van der Waals surface area (Å²) in [5, 5.41) is 12.8. The second kappa shape index (κ2) is 8.90. The van der Waals surface area contributed by atoms with Gasteiger partial charge in [-0.25, -0.2) is 0 Å². The van der Waals surface area contributed by atoms with Gasteiger partial charge in [-0.3, -0.25) is 4.79 Å². The molecule has 0 fully saturated rings. The van der Waals surface area contributed by atoms with E-state index in [4.69, 9.17) is 4.74 Å². The van der Waals surface area contributed by atoms with Crippen LogP contribution < -0.4 is 10.1 Å². The highest BCUT2D eigenvalue weighted by Gasteiger charge is 2.30. The maximum absolute atomic E-state index is 12.7. The minimum Gasteiger partial charge on any atom is -0.491 e. The molecule has 27 heavy (non-hydrogen) atoms. The quantitative estimate of drug-likeness (QED) is 0.765. The Morgan fingerprint density at radius 3 is 2.52 bits per heavy atom. The third-order valence-corrected chi connectivity index (χ3v) is 3.73. The van der Waals surface area contributed by atoms with Crippen molar-refractivity contribution in [1.29, 1.82) is 0 Å². The number of alkyl halides is 3. The van der Waals surface area contributed by atoms with Crippen molar-refractivity contribution in [3.8, 4) is 5.75 Å². The van der Waals surface area contributed by atoms with E-state index >= 15 is 0 Å². The van der Waals surface area contributed by atoms with Gasteiger partial charge < -0.3 is 15.2 Å². The molecule has 146 valence electrons. The van der Waals surface area contributed by atoms with Crippen LogP contribution in [0.5, 0.6) is 5.75 Å². The van der Waals surface area contributed by atoms with Crippen LogP contribution >= 0.6 is 0 Å². The highest BCUT2D eigenvalue weighted by Crippen LogP contribution is 2.29. The van der Waals surface area contributed by atoms with E-state index in [1.165, 1.54) is 12.1 Å². The topological polar surface area (TPSA) is 58.6 Å². The standard InChI is InChI=1S/C20H22F3NO3/c1-13(2)27-17-8-4-6-15(11-17)18(25)12-24-19(26)10-14-5-3-7-16(9-14)20(21,22)23/h3-9,11,13,18,25H,10,12H2,1-2H3,(H,24,26). The van der Waals surface area contributed by atoms with E-state index in [0.717, 1.165) is 12.1 Å². The Balaban J connectivity index is 1.92. The average molecular weight is 381 g/mol. The number of halogens is 3. The first-order valence-corrected chi connectivity index (χ1v) is 8.52. The van der Waals surface area contributed by atoms with Gasteiger partial charge in [0.25, 0.3) is 0 Å². The number of carbonyl (C=O) groups is 1. The Labute approximate surface area is 156 Å². The van der Waals surface area contributed by atoms with E-state index in [0.29, 0.717) is 11.3 Å². The summed E-state index contributed by atoms with van der Waals surface area (Å²) in [4.78, 5) is 12.0. The number of rotatable bonds is 7. The summed E-state index contributed by atoms with van der Waals surface area (Å²) in [6.07, 6.45) is -5.62. The molecule has 2 rings (SSSR count). The lowest BCUT2D eigenvalue weighted by atomic mass is 10.1. The molecule has 0 aliphatic rings. The van der Waals surface area contributed by atoms with E-state index < -0.39 is 23.8 Å². The zero-order valence-electron chi connectivity index (χ0n) is 15.1. The normalized spacial score (nSPS) is 12.7. The van der Waals surface area contributed by atoms with E-state index in [9.17, 15) is 23.1 Å². The predicted molar refractivity (Wildman–Crippen MR) is 95.3 cm³/mol. The number of nitrogens with one attached hydrogen (secondary N) is 1. The van der Waals surface area contributed by atoms with E-state index in [1.807, 2.05) is 13.8 Å². The molecule has 0 aliphatic carbocycles. The van der Waals surface area contributed by atoms with Gasteiger partial charge in [0.15, 0.2) is 0 Å². The lowest BCUT2D eigenvalue weighted by molar-refractivity contribution is -0.137. The van der Waals surface area contributed by atoms with Gasteiger partial charge in [0.05, 0.1) is 24.2 Å². The predicted octanol–water partition coefficient (Wildman–Crippen LogP) is 3.88. The number of aliphatic hydroxyl groups is 1. The van der Waals surface area contributed by atoms with E-state index in [2.05, 4.69) is 5.32 Å². The van der Waals surface area contributed by atoms with Crippen LogP contribution in [0, 0.1) is 0 Å². The maximum atomic E-state index is 12.7. The van der Waals surface area contributed by atoms with Crippen LogP contribution in [0.3, 0.4) is 0 Å². The fourth-order valence-electron chi connectivity index (χ4n) is 2.50. The molecule has 0 heterocycles. The van der Waals surface area contributed by atoms with Crippen LogP contribution in [0.25, 0.3) is 0 Å². The first kappa shape index (κ1) is 20.8. The Morgan fingerprint density at radius 1 is 1.15 bits per heavy atom. The minimum atomic E-state index is -4.45. The number of amides is 1. The highest BCUT2D eigenvalue weighted by molar-refractivity contribution is 5.78. The van der Waals surface area contributed by atoms with Crippen molar-refractivity contribution >= 4 is 5.91 Å². The molecule has 1 unspecified atom stereocenters.